The predicted molar refractivity (Wildman–Crippen MR) is 83.6 cm³/mol. The Morgan fingerprint density at radius 2 is 1.86 bits per heavy atom. The summed E-state index contributed by atoms with van der Waals surface area (Å²) in [7, 11) is 0. The fraction of sp³-hybridized carbons (Fsp3) is 0.0667. The number of hydrogen-bond acceptors (Lipinski definition) is 6. The summed E-state index contributed by atoms with van der Waals surface area (Å²) in [5, 5.41) is 11.5. The number of ether oxygens (including phenoxy) is 1. The summed E-state index contributed by atoms with van der Waals surface area (Å²) < 4.78 is 5.61. The number of hydrogen-bond donors (Lipinski definition) is 1. The first-order valence-electron chi connectivity index (χ1n) is 6.51. The number of nitrogens with one attached hydrogen (secondary N) is 1. The predicted octanol–water partition coefficient (Wildman–Crippen LogP) is 3.76. The van der Waals surface area contributed by atoms with Crippen molar-refractivity contribution in [3.63, 3.8) is 0 Å². The van der Waals surface area contributed by atoms with Crippen LogP contribution in [-0.2, 0) is 0 Å². The first kappa shape index (κ1) is 14.2. The lowest BCUT2D eigenvalue weighted by atomic mass is 10.3. The molecule has 7 heteroatoms. The van der Waals surface area contributed by atoms with Crippen LogP contribution in [-0.4, -0.2) is 20.2 Å². The van der Waals surface area contributed by atoms with Gasteiger partial charge in [0.2, 0.25) is 5.88 Å². The molecule has 0 unspecified atom stereocenters. The van der Waals surface area contributed by atoms with Gasteiger partial charge < -0.3 is 10.1 Å². The highest BCUT2D eigenvalue weighted by Gasteiger charge is 2.03. The zero-order valence-corrected chi connectivity index (χ0v) is 12.4. The number of rotatable bonds is 4. The van der Waals surface area contributed by atoms with Crippen molar-refractivity contribution in [3.05, 3.63) is 59.6 Å². The van der Waals surface area contributed by atoms with E-state index in [2.05, 4.69) is 25.5 Å². The molecule has 0 saturated heterocycles. The molecule has 0 fully saturated rings. The van der Waals surface area contributed by atoms with E-state index in [4.69, 9.17) is 16.3 Å². The first-order valence-corrected chi connectivity index (χ1v) is 6.89. The molecule has 0 saturated carbocycles. The fourth-order valence-electron chi connectivity index (χ4n) is 1.71. The number of anilines is 2. The maximum Gasteiger partial charge on any atom is 0.238 e. The topological polar surface area (TPSA) is 72.8 Å². The van der Waals surface area contributed by atoms with Crippen LogP contribution in [0.1, 0.15) is 5.69 Å². The molecule has 6 nitrogen and oxygen atoms in total. The third-order valence-electron chi connectivity index (χ3n) is 2.78. The lowest BCUT2D eigenvalue weighted by Gasteiger charge is -2.08. The van der Waals surface area contributed by atoms with Crippen LogP contribution in [0, 0.1) is 6.92 Å². The number of aromatic nitrogens is 4. The molecule has 3 aromatic rings. The molecule has 0 aliphatic carbocycles. The summed E-state index contributed by atoms with van der Waals surface area (Å²) in [6.45, 7) is 1.87. The minimum atomic E-state index is 0.449. The van der Waals surface area contributed by atoms with E-state index in [1.165, 1.54) is 12.5 Å². The van der Waals surface area contributed by atoms with Crippen LogP contribution in [0.5, 0.6) is 11.6 Å². The number of aryl methyl sites for hydroxylation is 1. The summed E-state index contributed by atoms with van der Waals surface area (Å²) in [6, 6.07) is 11.0. The molecule has 3 rings (SSSR count). The maximum atomic E-state index is 6.00. The Morgan fingerprint density at radius 1 is 1.05 bits per heavy atom. The quantitative estimate of drug-likeness (QED) is 0.790. The number of benzene rings is 1. The lowest BCUT2D eigenvalue weighted by Crippen LogP contribution is -1.95. The second kappa shape index (κ2) is 6.36. The average Bonchev–Trinajstić information content (AvgIpc) is 2.54. The van der Waals surface area contributed by atoms with E-state index in [0.29, 0.717) is 22.5 Å². The highest BCUT2D eigenvalue weighted by atomic mass is 35.5. The second-order valence-corrected chi connectivity index (χ2v) is 4.89. The van der Waals surface area contributed by atoms with Crippen molar-refractivity contribution in [1.29, 1.82) is 0 Å². The minimum absolute atomic E-state index is 0.449. The van der Waals surface area contributed by atoms with Crippen LogP contribution in [0.25, 0.3) is 0 Å². The van der Waals surface area contributed by atoms with Crippen molar-refractivity contribution in [2.24, 2.45) is 0 Å². The molecule has 0 spiro atoms. The van der Waals surface area contributed by atoms with Gasteiger partial charge in [0.05, 0.1) is 11.9 Å². The zero-order chi connectivity index (χ0) is 15.4. The monoisotopic (exact) mass is 313 g/mol. The Hall–Kier alpha value is -2.73. The first-order chi connectivity index (χ1) is 10.7. The molecule has 0 aliphatic rings. The maximum absolute atomic E-state index is 6.00. The standard InChI is InChI=1S/C15H12ClN5O/c1-10-2-7-14(21-20-10)22-12-5-3-11(4-6-12)19-15-13(16)8-17-9-18-15/h2-9H,1H3,(H,17,18,19). The SMILES string of the molecule is Cc1ccc(Oc2ccc(Nc3ncncc3Cl)cc2)nn1. The number of nitrogens with zero attached hydrogens (tertiary/aromatic N) is 4. The third kappa shape index (κ3) is 3.48. The smallest absolute Gasteiger partial charge is 0.238 e. The molecule has 1 aromatic carbocycles. The van der Waals surface area contributed by atoms with E-state index < -0.39 is 0 Å². The molecule has 0 bridgehead atoms. The van der Waals surface area contributed by atoms with E-state index in [9.17, 15) is 0 Å². The Morgan fingerprint density at radius 3 is 2.55 bits per heavy atom. The molecule has 0 amide bonds. The van der Waals surface area contributed by atoms with Crippen LogP contribution in [0.4, 0.5) is 11.5 Å². The highest BCUT2D eigenvalue weighted by molar-refractivity contribution is 6.32. The Labute approximate surface area is 132 Å². The van der Waals surface area contributed by atoms with Crippen molar-refractivity contribution in [1.82, 2.24) is 20.2 Å². The van der Waals surface area contributed by atoms with Gasteiger partial charge in [-0.25, -0.2) is 9.97 Å². The van der Waals surface area contributed by atoms with Crippen LogP contribution in [0.15, 0.2) is 48.9 Å². The van der Waals surface area contributed by atoms with Gasteiger partial charge in [-0.05, 0) is 37.3 Å². The lowest BCUT2D eigenvalue weighted by molar-refractivity contribution is 0.454. The van der Waals surface area contributed by atoms with Gasteiger partial charge >= 0.3 is 0 Å². The molecule has 2 aromatic heterocycles. The van der Waals surface area contributed by atoms with Crippen molar-refractivity contribution in [2.45, 2.75) is 6.92 Å². The van der Waals surface area contributed by atoms with Gasteiger partial charge in [0.1, 0.15) is 17.1 Å². The molecule has 22 heavy (non-hydrogen) atoms. The second-order valence-electron chi connectivity index (χ2n) is 4.48. The van der Waals surface area contributed by atoms with Crippen molar-refractivity contribution >= 4 is 23.1 Å². The van der Waals surface area contributed by atoms with Crippen molar-refractivity contribution < 1.29 is 4.74 Å². The highest BCUT2D eigenvalue weighted by Crippen LogP contribution is 2.25. The van der Waals surface area contributed by atoms with E-state index >= 15 is 0 Å². The largest absolute Gasteiger partial charge is 0.438 e. The summed E-state index contributed by atoms with van der Waals surface area (Å²) >= 11 is 6.00. The molecular formula is C15H12ClN5O. The summed E-state index contributed by atoms with van der Waals surface area (Å²) in [5.41, 5.74) is 1.68. The Bertz CT molecular complexity index is 762. The fourth-order valence-corrected chi connectivity index (χ4v) is 1.86. The zero-order valence-electron chi connectivity index (χ0n) is 11.7. The van der Waals surface area contributed by atoms with E-state index in [-0.39, 0.29) is 0 Å². The van der Waals surface area contributed by atoms with E-state index in [1.54, 1.807) is 6.07 Å². The van der Waals surface area contributed by atoms with Crippen LogP contribution >= 0.6 is 11.6 Å². The van der Waals surface area contributed by atoms with Crippen molar-refractivity contribution in [3.8, 4) is 11.6 Å². The normalized spacial score (nSPS) is 10.3. The van der Waals surface area contributed by atoms with Crippen LogP contribution in [0.3, 0.4) is 0 Å². The van der Waals surface area contributed by atoms with Gasteiger partial charge in [-0.3, -0.25) is 0 Å². The van der Waals surface area contributed by atoms with Crippen LogP contribution in [0.2, 0.25) is 5.02 Å². The van der Waals surface area contributed by atoms with Gasteiger partial charge in [-0.15, -0.1) is 5.10 Å². The third-order valence-corrected chi connectivity index (χ3v) is 3.06. The van der Waals surface area contributed by atoms with Gasteiger partial charge in [-0.2, -0.15) is 5.10 Å². The van der Waals surface area contributed by atoms with Gasteiger partial charge in [0.15, 0.2) is 5.82 Å². The molecule has 1 N–H and O–H groups in total. The molecular weight excluding hydrogens is 302 g/mol. The Kier molecular flexibility index (Phi) is 4.11. The molecule has 0 radical (unpaired) electrons. The average molecular weight is 314 g/mol. The summed E-state index contributed by atoms with van der Waals surface area (Å²) in [6.07, 6.45) is 2.96. The molecule has 2 heterocycles. The Balaban J connectivity index is 1.70. The van der Waals surface area contributed by atoms with Crippen LogP contribution < -0.4 is 10.1 Å². The minimum Gasteiger partial charge on any atom is -0.438 e. The number of halogens is 1. The van der Waals surface area contributed by atoms with Crippen molar-refractivity contribution in [2.75, 3.05) is 5.32 Å². The van der Waals surface area contributed by atoms with E-state index in [0.717, 1.165) is 11.4 Å². The molecule has 110 valence electrons. The van der Waals surface area contributed by atoms with Gasteiger partial charge in [0.25, 0.3) is 0 Å². The molecule has 0 aliphatic heterocycles. The summed E-state index contributed by atoms with van der Waals surface area (Å²) in [5.74, 6) is 1.66. The van der Waals surface area contributed by atoms with Gasteiger partial charge in [-0.1, -0.05) is 11.6 Å². The summed E-state index contributed by atoms with van der Waals surface area (Å²) in [4.78, 5) is 7.91. The van der Waals surface area contributed by atoms with E-state index in [1.807, 2.05) is 37.3 Å². The van der Waals surface area contributed by atoms with Gasteiger partial charge in [0, 0.05) is 11.8 Å². The molecule has 0 atom stereocenters.